The average molecular weight is 356 g/mol. The highest BCUT2D eigenvalue weighted by atomic mass is 32.2. The molecule has 0 aliphatic heterocycles. The lowest BCUT2D eigenvalue weighted by Crippen LogP contribution is -2.15. The molecule has 132 valence electrons. The van der Waals surface area contributed by atoms with Crippen LogP contribution in [0.3, 0.4) is 0 Å². The first-order valence-corrected chi connectivity index (χ1v) is 9.27. The second-order valence-corrected chi connectivity index (χ2v) is 7.17. The highest BCUT2D eigenvalue weighted by molar-refractivity contribution is 7.97. The quantitative estimate of drug-likeness (QED) is 0.454. The number of fused-ring (bicyclic) bond motifs is 1. The maximum absolute atomic E-state index is 5.40. The number of nitrogens with zero attached hydrogens (tertiary/aromatic N) is 4. The smallest absolute Gasteiger partial charge is 0.107 e. The van der Waals surface area contributed by atoms with E-state index < -0.39 is 0 Å². The maximum atomic E-state index is 5.40. The zero-order chi connectivity index (χ0) is 17.6. The molecule has 0 amide bonds. The number of aromatic nitrogens is 3. The monoisotopic (exact) mass is 356 g/mol. The van der Waals surface area contributed by atoms with E-state index in [0.29, 0.717) is 0 Å². The molecule has 6 heteroatoms. The zero-order valence-corrected chi connectivity index (χ0v) is 15.8. The van der Waals surface area contributed by atoms with Crippen LogP contribution < -0.4 is 0 Å². The number of hydrogen-bond donors (Lipinski definition) is 0. The van der Waals surface area contributed by atoms with Gasteiger partial charge in [-0.05, 0) is 56.6 Å². The Hall–Kier alpha value is -1.89. The van der Waals surface area contributed by atoms with Gasteiger partial charge in [0, 0.05) is 30.8 Å². The lowest BCUT2D eigenvalue weighted by atomic mass is 10.2. The van der Waals surface area contributed by atoms with E-state index in [1.54, 1.807) is 11.9 Å². The number of imidazole rings is 1. The van der Waals surface area contributed by atoms with Crippen molar-refractivity contribution >= 4 is 23.0 Å². The van der Waals surface area contributed by atoms with Crippen LogP contribution in [0.1, 0.15) is 18.3 Å². The predicted molar refractivity (Wildman–Crippen MR) is 103 cm³/mol. The van der Waals surface area contributed by atoms with Gasteiger partial charge in [0.05, 0.1) is 18.3 Å². The number of likely N-dealkylation sites (N-methyl/N-ethyl adjacent to an activating group) is 1. The molecule has 2 heterocycles. The van der Waals surface area contributed by atoms with Gasteiger partial charge in [-0.1, -0.05) is 12.1 Å². The Morgan fingerprint density at radius 2 is 2.00 bits per heavy atom. The molecular weight excluding hydrogens is 332 g/mol. The number of ether oxygens (including phenoxy) is 1. The second-order valence-electron chi connectivity index (χ2n) is 5.89. The van der Waals surface area contributed by atoms with Crippen LogP contribution in [0.2, 0.25) is 0 Å². The molecular formula is C19H24N4OS. The molecule has 1 aromatic carbocycles. The number of pyridine rings is 1. The van der Waals surface area contributed by atoms with Crippen molar-refractivity contribution in [2.45, 2.75) is 25.3 Å². The third kappa shape index (κ3) is 4.60. The molecule has 5 nitrogen and oxygen atoms in total. The third-order valence-electron chi connectivity index (χ3n) is 4.02. The summed E-state index contributed by atoms with van der Waals surface area (Å²) >= 11 is 1.74. The fraction of sp³-hybridized carbons (Fsp3) is 0.368. The molecule has 0 unspecified atom stereocenters. The van der Waals surface area contributed by atoms with Gasteiger partial charge in [-0.3, -0.25) is 4.98 Å². The molecule has 0 fully saturated rings. The number of hydrogen-bond acceptors (Lipinski definition) is 5. The summed E-state index contributed by atoms with van der Waals surface area (Å²) in [5, 5.41) is 0. The summed E-state index contributed by atoms with van der Waals surface area (Å²) in [5.41, 5.74) is 3.34. The Kier molecular flexibility index (Phi) is 6.07. The van der Waals surface area contributed by atoms with Crippen LogP contribution in [0, 0.1) is 6.92 Å². The Balaban J connectivity index is 1.65. The first kappa shape index (κ1) is 17.9. The summed E-state index contributed by atoms with van der Waals surface area (Å²) in [6.07, 6.45) is 3.63. The van der Waals surface area contributed by atoms with Crippen LogP contribution in [0.25, 0.3) is 11.0 Å². The SMILES string of the molecule is CCOCCN(C)Sc1ccc(Cn2c(C)nc3cnccc32)cc1. The zero-order valence-electron chi connectivity index (χ0n) is 15.0. The fourth-order valence-corrected chi connectivity index (χ4v) is 3.49. The van der Waals surface area contributed by atoms with Crippen molar-refractivity contribution in [1.82, 2.24) is 18.8 Å². The highest BCUT2D eigenvalue weighted by Gasteiger charge is 2.08. The number of aryl methyl sites for hydroxylation is 1. The van der Waals surface area contributed by atoms with Gasteiger partial charge in [0.25, 0.3) is 0 Å². The summed E-state index contributed by atoms with van der Waals surface area (Å²) in [7, 11) is 2.09. The summed E-state index contributed by atoms with van der Waals surface area (Å²) in [6, 6.07) is 10.7. The van der Waals surface area contributed by atoms with Gasteiger partial charge in [0.2, 0.25) is 0 Å². The van der Waals surface area contributed by atoms with E-state index in [0.717, 1.165) is 43.2 Å². The van der Waals surface area contributed by atoms with Crippen LogP contribution in [-0.2, 0) is 11.3 Å². The Labute approximate surface area is 153 Å². The van der Waals surface area contributed by atoms with Gasteiger partial charge in [0.1, 0.15) is 11.3 Å². The molecule has 0 bridgehead atoms. The van der Waals surface area contributed by atoms with E-state index in [1.807, 2.05) is 32.3 Å². The van der Waals surface area contributed by atoms with Crippen LogP contribution in [0.15, 0.2) is 47.6 Å². The van der Waals surface area contributed by atoms with E-state index >= 15 is 0 Å². The van der Waals surface area contributed by atoms with Gasteiger partial charge in [-0.15, -0.1) is 0 Å². The molecule has 0 saturated heterocycles. The van der Waals surface area contributed by atoms with Gasteiger partial charge < -0.3 is 9.30 Å². The number of rotatable bonds is 8. The Morgan fingerprint density at radius 1 is 1.20 bits per heavy atom. The topological polar surface area (TPSA) is 43.2 Å². The average Bonchev–Trinajstić information content (AvgIpc) is 2.92. The first-order chi connectivity index (χ1) is 12.2. The molecule has 2 aromatic heterocycles. The van der Waals surface area contributed by atoms with Crippen molar-refractivity contribution in [3.05, 3.63) is 54.1 Å². The molecule has 0 spiro atoms. The van der Waals surface area contributed by atoms with Crippen LogP contribution in [0.5, 0.6) is 0 Å². The molecule has 3 rings (SSSR count). The van der Waals surface area contributed by atoms with Crippen LogP contribution in [0.4, 0.5) is 0 Å². The lowest BCUT2D eigenvalue weighted by molar-refractivity contribution is 0.140. The van der Waals surface area contributed by atoms with Gasteiger partial charge in [0.15, 0.2) is 0 Å². The molecule has 0 aliphatic carbocycles. The van der Waals surface area contributed by atoms with Crippen molar-refractivity contribution in [2.75, 3.05) is 26.8 Å². The molecule has 0 N–H and O–H groups in total. The van der Waals surface area contributed by atoms with Crippen molar-refractivity contribution < 1.29 is 4.74 Å². The molecule has 3 aromatic rings. The van der Waals surface area contributed by atoms with Gasteiger partial charge in [-0.2, -0.15) is 0 Å². The first-order valence-electron chi connectivity index (χ1n) is 8.50. The van der Waals surface area contributed by atoms with Crippen molar-refractivity contribution in [2.24, 2.45) is 0 Å². The Morgan fingerprint density at radius 3 is 2.76 bits per heavy atom. The van der Waals surface area contributed by atoms with Crippen LogP contribution in [-0.4, -0.2) is 45.6 Å². The van der Waals surface area contributed by atoms with Crippen LogP contribution >= 0.6 is 11.9 Å². The normalized spacial score (nSPS) is 11.5. The standard InChI is InChI=1S/C19H24N4OS/c1-4-24-12-11-22(3)25-17-7-5-16(6-8-17)14-23-15(2)21-18-13-20-10-9-19(18)23/h5-10,13H,4,11-12,14H2,1-3H3. The van der Waals surface area contributed by atoms with E-state index in [-0.39, 0.29) is 0 Å². The van der Waals surface area contributed by atoms with E-state index in [9.17, 15) is 0 Å². The third-order valence-corrected chi connectivity index (χ3v) is 5.00. The lowest BCUT2D eigenvalue weighted by Gasteiger charge is -2.15. The minimum atomic E-state index is 0.764. The van der Waals surface area contributed by atoms with Gasteiger partial charge in [-0.25, -0.2) is 9.29 Å². The minimum absolute atomic E-state index is 0.764. The summed E-state index contributed by atoms with van der Waals surface area (Å²) in [4.78, 5) is 9.96. The maximum Gasteiger partial charge on any atom is 0.107 e. The predicted octanol–water partition coefficient (Wildman–Crippen LogP) is 3.76. The largest absolute Gasteiger partial charge is 0.380 e. The molecule has 0 aliphatic rings. The Bertz CT molecular complexity index is 816. The van der Waals surface area contributed by atoms with Gasteiger partial charge >= 0.3 is 0 Å². The molecule has 0 radical (unpaired) electrons. The van der Waals surface area contributed by atoms with Crippen molar-refractivity contribution in [3.63, 3.8) is 0 Å². The van der Waals surface area contributed by atoms with Crippen molar-refractivity contribution in [3.8, 4) is 0 Å². The summed E-state index contributed by atoms with van der Waals surface area (Å²) in [5.74, 6) is 1.01. The highest BCUT2D eigenvalue weighted by Crippen LogP contribution is 2.22. The molecule has 0 atom stereocenters. The second kappa shape index (κ2) is 8.47. The molecule has 25 heavy (non-hydrogen) atoms. The molecule has 0 saturated carbocycles. The summed E-state index contributed by atoms with van der Waals surface area (Å²) in [6.45, 7) is 7.32. The fourth-order valence-electron chi connectivity index (χ4n) is 2.70. The van der Waals surface area contributed by atoms with E-state index in [2.05, 4.69) is 50.2 Å². The van der Waals surface area contributed by atoms with E-state index in [4.69, 9.17) is 4.74 Å². The summed E-state index contributed by atoms with van der Waals surface area (Å²) < 4.78 is 9.83. The number of benzene rings is 1. The van der Waals surface area contributed by atoms with Crippen molar-refractivity contribution in [1.29, 1.82) is 0 Å². The minimum Gasteiger partial charge on any atom is -0.380 e. The van der Waals surface area contributed by atoms with E-state index in [1.165, 1.54) is 10.5 Å².